The predicted molar refractivity (Wildman–Crippen MR) is 122 cm³/mol. The number of ether oxygens (including phenoxy) is 2. The van der Waals surface area contributed by atoms with Crippen LogP contribution in [0.25, 0.3) is 10.8 Å². The largest absolute Gasteiger partial charge is 0.494 e. The van der Waals surface area contributed by atoms with Gasteiger partial charge in [0.25, 0.3) is 0 Å². The van der Waals surface area contributed by atoms with Crippen molar-refractivity contribution in [1.29, 1.82) is 0 Å². The Morgan fingerprint density at radius 2 is 1.70 bits per heavy atom. The molecule has 0 spiro atoms. The van der Waals surface area contributed by atoms with Gasteiger partial charge in [-0.2, -0.15) is 0 Å². The molecule has 3 aromatic rings. The summed E-state index contributed by atoms with van der Waals surface area (Å²) in [5.41, 5.74) is 2.71. The van der Waals surface area contributed by atoms with Crippen LogP contribution in [0, 0.1) is 0 Å². The van der Waals surface area contributed by atoms with Gasteiger partial charge in [-0.1, -0.05) is 30.3 Å². The highest BCUT2D eigenvalue weighted by Gasteiger charge is 2.09. The van der Waals surface area contributed by atoms with Gasteiger partial charge in [-0.15, -0.1) is 0 Å². The smallest absolute Gasteiger partial charge is 0.119 e. The first-order chi connectivity index (χ1) is 14.9. The lowest BCUT2D eigenvalue weighted by molar-refractivity contribution is 0.0375. The summed E-state index contributed by atoms with van der Waals surface area (Å²) in [4.78, 5) is 6.67. The molecule has 0 bridgehead atoms. The number of morpholine rings is 1. The van der Waals surface area contributed by atoms with Gasteiger partial charge in [0.2, 0.25) is 0 Å². The van der Waals surface area contributed by atoms with Crippen molar-refractivity contribution >= 4 is 10.8 Å². The fourth-order valence-corrected chi connectivity index (χ4v) is 4.02. The Morgan fingerprint density at radius 1 is 0.867 bits per heavy atom. The molecule has 1 saturated heterocycles. The third-order valence-electron chi connectivity index (χ3n) is 5.77. The number of hydrogen-bond donors (Lipinski definition) is 0. The molecule has 0 N–H and O–H groups in total. The molecule has 2 heterocycles. The van der Waals surface area contributed by atoms with Crippen LogP contribution in [-0.4, -0.2) is 49.3 Å². The Labute approximate surface area is 179 Å². The number of benzene rings is 2. The van der Waals surface area contributed by atoms with E-state index in [0.29, 0.717) is 0 Å². The van der Waals surface area contributed by atoms with E-state index in [4.69, 9.17) is 9.47 Å². The van der Waals surface area contributed by atoms with Crippen molar-refractivity contribution in [3.63, 3.8) is 0 Å². The van der Waals surface area contributed by atoms with Crippen LogP contribution in [0.3, 0.4) is 0 Å². The minimum Gasteiger partial charge on any atom is -0.494 e. The van der Waals surface area contributed by atoms with E-state index in [1.165, 1.54) is 28.3 Å². The summed E-state index contributed by atoms with van der Waals surface area (Å²) < 4.78 is 11.4. The van der Waals surface area contributed by atoms with E-state index in [0.717, 1.165) is 70.9 Å². The summed E-state index contributed by atoms with van der Waals surface area (Å²) in [7, 11) is 0. The molecule has 0 saturated carbocycles. The monoisotopic (exact) mass is 404 g/mol. The molecule has 1 fully saturated rings. The molecule has 1 aliphatic rings. The number of pyridine rings is 1. The second-order valence-corrected chi connectivity index (χ2v) is 8.07. The average Bonchev–Trinajstić information content (AvgIpc) is 2.80. The maximum atomic E-state index is 5.98. The second kappa shape index (κ2) is 11.1. The highest BCUT2D eigenvalue weighted by Crippen LogP contribution is 2.23. The average molecular weight is 405 g/mol. The molecule has 0 amide bonds. The van der Waals surface area contributed by atoms with E-state index in [-0.39, 0.29) is 0 Å². The first-order valence-electron chi connectivity index (χ1n) is 11.2. The Bertz CT molecular complexity index is 907. The van der Waals surface area contributed by atoms with Crippen molar-refractivity contribution in [2.24, 2.45) is 0 Å². The van der Waals surface area contributed by atoms with E-state index in [1.807, 2.05) is 18.5 Å². The van der Waals surface area contributed by atoms with Crippen LogP contribution in [0.5, 0.6) is 5.75 Å². The zero-order valence-corrected chi connectivity index (χ0v) is 17.8. The van der Waals surface area contributed by atoms with Gasteiger partial charge in [0.05, 0.1) is 19.8 Å². The Kier molecular flexibility index (Phi) is 7.70. The van der Waals surface area contributed by atoms with E-state index < -0.39 is 0 Å². The van der Waals surface area contributed by atoms with Crippen molar-refractivity contribution < 1.29 is 9.47 Å². The minimum absolute atomic E-state index is 0.755. The van der Waals surface area contributed by atoms with Crippen molar-refractivity contribution in [2.45, 2.75) is 32.1 Å². The van der Waals surface area contributed by atoms with Gasteiger partial charge in [-0.05, 0) is 78.7 Å². The lowest BCUT2D eigenvalue weighted by Gasteiger charge is -2.26. The van der Waals surface area contributed by atoms with Crippen LogP contribution in [-0.2, 0) is 17.6 Å². The number of hydrogen-bond acceptors (Lipinski definition) is 4. The van der Waals surface area contributed by atoms with Gasteiger partial charge in [-0.25, -0.2) is 0 Å². The lowest BCUT2D eigenvalue weighted by Crippen LogP contribution is -2.36. The van der Waals surface area contributed by atoms with Crippen LogP contribution in [0.1, 0.15) is 30.4 Å². The summed E-state index contributed by atoms with van der Waals surface area (Å²) in [6, 6.07) is 17.4. The molecule has 4 nitrogen and oxygen atoms in total. The number of fused-ring (bicyclic) bond motifs is 1. The predicted octanol–water partition coefficient (Wildman–Crippen LogP) is 4.90. The molecule has 30 heavy (non-hydrogen) atoms. The van der Waals surface area contributed by atoms with Crippen LogP contribution in [0.15, 0.2) is 60.9 Å². The topological polar surface area (TPSA) is 34.6 Å². The third-order valence-corrected chi connectivity index (χ3v) is 5.77. The summed E-state index contributed by atoms with van der Waals surface area (Å²) in [5, 5.41) is 2.54. The molecule has 1 aliphatic heterocycles. The minimum atomic E-state index is 0.755. The number of aryl methyl sites for hydroxylation is 2. The molecule has 0 atom stereocenters. The summed E-state index contributed by atoms with van der Waals surface area (Å²) in [6.45, 7) is 5.82. The SMILES string of the molecule is c1cncc(CCCCOc2ccc3cc(CCCN4CCOCC4)ccc3c2)c1. The molecule has 0 radical (unpaired) electrons. The maximum absolute atomic E-state index is 5.98. The molecule has 158 valence electrons. The van der Waals surface area contributed by atoms with Gasteiger partial charge in [0.1, 0.15) is 5.75 Å². The standard InChI is InChI=1S/C26H32N2O2/c1(5-23-6-3-12-27-21-23)2-16-30-26-11-10-24-19-22(8-9-25(24)20-26)7-4-13-28-14-17-29-18-15-28/h3,6,8-12,19-21H,1-2,4-5,7,13-18H2. The normalized spacial score (nSPS) is 14.8. The number of unbranched alkanes of at least 4 members (excludes halogenated alkanes) is 1. The summed E-state index contributed by atoms with van der Waals surface area (Å²) >= 11 is 0. The van der Waals surface area contributed by atoms with Crippen LogP contribution in [0.2, 0.25) is 0 Å². The molecule has 4 heteroatoms. The maximum Gasteiger partial charge on any atom is 0.119 e. The zero-order valence-electron chi connectivity index (χ0n) is 17.8. The van der Waals surface area contributed by atoms with Gasteiger partial charge >= 0.3 is 0 Å². The second-order valence-electron chi connectivity index (χ2n) is 8.07. The lowest BCUT2D eigenvalue weighted by atomic mass is 10.0. The van der Waals surface area contributed by atoms with Crippen LogP contribution >= 0.6 is 0 Å². The quantitative estimate of drug-likeness (QED) is 0.450. The van der Waals surface area contributed by atoms with Crippen molar-refractivity contribution in [2.75, 3.05) is 39.5 Å². The molecule has 2 aromatic carbocycles. The van der Waals surface area contributed by atoms with Crippen LogP contribution < -0.4 is 4.74 Å². The van der Waals surface area contributed by atoms with Gasteiger partial charge in [0.15, 0.2) is 0 Å². The Hall–Kier alpha value is -2.43. The van der Waals surface area contributed by atoms with Crippen molar-refractivity contribution in [3.8, 4) is 5.75 Å². The summed E-state index contributed by atoms with van der Waals surface area (Å²) in [6.07, 6.45) is 9.32. The van der Waals surface area contributed by atoms with Crippen molar-refractivity contribution in [3.05, 3.63) is 72.1 Å². The third kappa shape index (κ3) is 6.28. The Morgan fingerprint density at radius 3 is 2.57 bits per heavy atom. The molecule has 4 rings (SSSR count). The number of aromatic nitrogens is 1. The molecule has 0 aliphatic carbocycles. The number of rotatable bonds is 10. The molecule has 1 aromatic heterocycles. The fraction of sp³-hybridized carbons (Fsp3) is 0.423. The van der Waals surface area contributed by atoms with E-state index in [9.17, 15) is 0 Å². The summed E-state index contributed by atoms with van der Waals surface area (Å²) in [5.74, 6) is 0.962. The van der Waals surface area contributed by atoms with Crippen LogP contribution in [0.4, 0.5) is 0 Å². The van der Waals surface area contributed by atoms with E-state index in [2.05, 4.69) is 52.3 Å². The molecule has 0 unspecified atom stereocenters. The Balaban J connectivity index is 1.21. The van der Waals surface area contributed by atoms with Gasteiger partial charge in [-0.3, -0.25) is 9.88 Å². The fourth-order valence-electron chi connectivity index (χ4n) is 4.02. The first-order valence-corrected chi connectivity index (χ1v) is 11.2. The van der Waals surface area contributed by atoms with E-state index in [1.54, 1.807) is 0 Å². The van der Waals surface area contributed by atoms with Crippen molar-refractivity contribution in [1.82, 2.24) is 9.88 Å². The first kappa shape index (κ1) is 20.8. The van der Waals surface area contributed by atoms with E-state index >= 15 is 0 Å². The molecular formula is C26H32N2O2. The molecular weight excluding hydrogens is 372 g/mol. The highest BCUT2D eigenvalue weighted by molar-refractivity contribution is 5.84. The number of nitrogens with zero attached hydrogens (tertiary/aromatic N) is 2. The highest BCUT2D eigenvalue weighted by atomic mass is 16.5. The van der Waals surface area contributed by atoms with Gasteiger partial charge in [0, 0.05) is 25.5 Å². The van der Waals surface area contributed by atoms with Gasteiger partial charge < -0.3 is 9.47 Å². The zero-order chi connectivity index (χ0) is 20.4.